The van der Waals surface area contributed by atoms with Gasteiger partial charge in [-0.1, -0.05) is 166 Å². The van der Waals surface area contributed by atoms with Gasteiger partial charge in [0.2, 0.25) is 0 Å². The van der Waals surface area contributed by atoms with E-state index in [1.807, 2.05) is 24.3 Å². The van der Waals surface area contributed by atoms with Gasteiger partial charge in [-0.3, -0.25) is 0 Å². The molecule has 0 amide bonds. The van der Waals surface area contributed by atoms with Crippen LogP contribution in [0.2, 0.25) is 0 Å². The zero-order valence-corrected chi connectivity index (χ0v) is 27.4. The van der Waals surface area contributed by atoms with E-state index in [-0.39, 0.29) is 5.41 Å². The maximum atomic E-state index is 5.10. The highest BCUT2D eigenvalue weighted by Gasteiger charge is 2.38. The van der Waals surface area contributed by atoms with E-state index in [1.165, 1.54) is 44.2 Å². The molecule has 0 N–H and O–H groups in total. The summed E-state index contributed by atoms with van der Waals surface area (Å²) in [6, 6.07) is 57.8. The summed E-state index contributed by atoms with van der Waals surface area (Å²) >= 11 is 0. The first-order valence-corrected chi connectivity index (χ1v) is 16.8. The van der Waals surface area contributed by atoms with Gasteiger partial charge in [0.25, 0.3) is 0 Å². The fraction of sp³-hybridized carbons (Fsp3) is 0.0652. The molecule has 232 valence electrons. The third-order valence-electron chi connectivity index (χ3n) is 9.89. The molecule has 0 radical (unpaired) electrons. The summed E-state index contributed by atoms with van der Waals surface area (Å²) in [6.45, 7) is 4.71. The lowest BCUT2D eigenvalue weighted by atomic mass is 9.79. The van der Waals surface area contributed by atoms with Gasteiger partial charge in [0.15, 0.2) is 17.5 Å². The Hall–Kier alpha value is -6.19. The minimum Gasteiger partial charge on any atom is -0.208 e. The molecule has 1 aliphatic rings. The van der Waals surface area contributed by atoms with Crippen LogP contribution < -0.4 is 0 Å². The third kappa shape index (κ3) is 4.94. The largest absolute Gasteiger partial charge is 0.208 e. The van der Waals surface area contributed by atoms with E-state index in [9.17, 15) is 0 Å². The van der Waals surface area contributed by atoms with Crippen LogP contribution in [-0.2, 0) is 5.41 Å². The average Bonchev–Trinajstić information content (AvgIpc) is 3.42. The van der Waals surface area contributed by atoms with Crippen LogP contribution in [0.4, 0.5) is 0 Å². The quantitative estimate of drug-likeness (QED) is 0.191. The Labute approximate surface area is 286 Å². The maximum absolute atomic E-state index is 5.10. The molecule has 9 rings (SSSR count). The summed E-state index contributed by atoms with van der Waals surface area (Å²) in [4.78, 5) is 15.1. The Bertz CT molecular complexity index is 2500. The molecule has 7 aromatic carbocycles. The predicted octanol–water partition coefficient (Wildman–Crippen LogP) is 11.7. The molecule has 49 heavy (non-hydrogen) atoms. The molecular weight excluding hydrogens is 595 g/mol. The smallest absolute Gasteiger partial charge is 0.164 e. The van der Waals surface area contributed by atoms with Gasteiger partial charge in [-0.15, -0.1) is 0 Å². The fourth-order valence-electron chi connectivity index (χ4n) is 7.50. The number of fused-ring (bicyclic) bond motifs is 5. The van der Waals surface area contributed by atoms with E-state index in [1.54, 1.807) is 0 Å². The van der Waals surface area contributed by atoms with Crippen molar-refractivity contribution in [3.8, 4) is 67.5 Å². The summed E-state index contributed by atoms with van der Waals surface area (Å²) in [5, 5.41) is 2.56. The summed E-state index contributed by atoms with van der Waals surface area (Å²) in [7, 11) is 0. The average molecular weight is 628 g/mol. The molecule has 8 aromatic rings. The van der Waals surface area contributed by atoms with E-state index in [4.69, 9.17) is 15.0 Å². The lowest BCUT2D eigenvalue weighted by Gasteiger charge is -2.24. The molecule has 0 fully saturated rings. The van der Waals surface area contributed by atoms with Gasteiger partial charge in [-0.2, -0.15) is 0 Å². The Balaban J connectivity index is 1.21. The van der Waals surface area contributed by atoms with Crippen molar-refractivity contribution in [2.24, 2.45) is 0 Å². The Kier molecular flexibility index (Phi) is 6.80. The maximum Gasteiger partial charge on any atom is 0.164 e. The first-order valence-electron chi connectivity index (χ1n) is 16.8. The van der Waals surface area contributed by atoms with Gasteiger partial charge in [0, 0.05) is 22.1 Å². The third-order valence-corrected chi connectivity index (χ3v) is 9.89. The molecule has 0 spiro atoms. The van der Waals surface area contributed by atoms with Crippen molar-refractivity contribution in [1.82, 2.24) is 15.0 Å². The van der Waals surface area contributed by atoms with Crippen LogP contribution in [0.3, 0.4) is 0 Å². The first kappa shape index (κ1) is 29.0. The van der Waals surface area contributed by atoms with Gasteiger partial charge >= 0.3 is 0 Å². The molecular formula is C46H33N3. The predicted molar refractivity (Wildman–Crippen MR) is 202 cm³/mol. The van der Waals surface area contributed by atoms with E-state index in [2.05, 4.69) is 153 Å². The van der Waals surface area contributed by atoms with E-state index < -0.39 is 0 Å². The summed E-state index contributed by atoms with van der Waals surface area (Å²) < 4.78 is 0. The molecule has 1 aromatic heterocycles. The van der Waals surface area contributed by atoms with Crippen LogP contribution in [0.1, 0.15) is 25.0 Å². The number of nitrogens with zero attached hydrogens (tertiary/aromatic N) is 3. The Morgan fingerprint density at radius 1 is 0.388 bits per heavy atom. The van der Waals surface area contributed by atoms with E-state index >= 15 is 0 Å². The highest BCUT2D eigenvalue weighted by molar-refractivity contribution is 6.05. The highest BCUT2D eigenvalue weighted by Crippen LogP contribution is 2.54. The van der Waals surface area contributed by atoms with E-state index in [0.29, 0.717) is 17.5 Å². The molecule has 0 saturated carbocycles. The molecule has 1 aliphatic carbocycles. The van der Waals surface area contributed by atoms with Crippen molar-refractivity contribution in [1.29, 1.82) is 0 Å². The van der Waals surface area contributed by atoms with Crippen molar-refractivity contribution >= 4 is 10.8 Å². The van der Waals surface area contributed by atoms with Crippen LogP contribution in [0.5, 0.6) is 0 Å². The monoisotopic (exact) mass is 627 g/mol. The first-order chi connectivity index (χ1) is 24.0. The molecule has 0 saturated heterocycles. The molecule has 0 unspecified atom stereocenters. The van der Waals surface area contributed by atoms with Crippen LogP contribution >= 0.6 is 0 Å². The fourth-order valence-corrected chi connectivity index (χ4v) is 7.50. The van der Waals surface area contributed by atoms with E-state index in [0.717, 1.165) is 27.8 Å². The summed E-state index contributed by atoms with van der Waals surface area (Å²) in [5.41, 5.74) is 12.8. The molecule has 0 atom stereocenters. The lowest BCUT2D eigenvalue weighted by molar-refractivity contribution is 0.666. The van der Waals surface area contributed by atoms with Crippen molar-refractivity contribution < 1.29 is 0 Å². The standard InChI is InChI=1S/C46H33N3/c1-46(2)40-23-12-11-22-38(40)41-39(29-35-18-9-10-21-37(35)42(41)46)34-19-13-20-36(28-34)45-48-43(32-16-7-4-8-17-32)47-44(49-45)33-26-24-31(25-27-33)30-14-5-3-6-15-30/h3-29H,1-2H3. The molecule has 1 heterocycles. The van der Waals surface area contributed by atoms with Crippen LogP contribution in [-0.4, -0.2) is 15.0 Å². The highest BCUT2D eigenvalue weighted by atomic mass is 15.0. The number of rotatable bonds is 5. The van der Waals surface area contributed by atoms with Crippen LogP contribution in [0, 0.1) is 0 Å². The van der Waals surface area contributed by atoms with Crippen LogP contribution in [0.15, 0.2) is 164 Å². The molecule has 3 heteroatoms. The van der Waals surface area contributed by atoms with Gasteiger partial charge < -0.3 is 0 Å². The van der Waals surface area contributed by atoms with Crippen molar-refractivity contribution in [3.63, 3.8) is 0 Å². The zero-order chi connectivity index (χ0) is 33.0. The lowest BCUT2D eigenvalue weighted by Crippen LogP contribution is -2.15. The summed E-state index contributed by atoms with van der Waals surface area (Å²) in [6.07, 6.45) is 0. The van der Waals surface area contributed by atoms with Gasteiger partial charge in [0.1, 0.15) is 0 Å². The number of hydrogen-bond donors (Lipinski definition) is 0. The van der Waals surface area contributed by atoms with Crippen molar-refractivity contribution in [2.75, 3.05) is 0 Å². The minimum absolute atomic E-state index is 0.122. The molecule has 3 nitrogen and oxygen atoms in total. The second-order valence-corrected chi connectivity index (χ2v) is 13.3. The number of benzene rings is 7. The summed E-state index contributed by atoms with van der Waals surface area (Å²) in [5.74, 6) is 1.95. The molecule has 0 bridgehead atoms. The van der Waals surface area contributed by atoms with Crippen molar-refractivity contribution in [3.05, 3.63) is 175 Å². The van der Waals surface area contributed by atoms with Gasteiger partial charge in [0.05, 0.1) is 0 Å². The molecule has 0 aliphatic heterocycles. The van der Waals surface area contributed by atoms with Crippen LogP contribution in [0.25, 0.3) is 78.3 Å². The van der Waals surface area contributed by atoms with Gasteiger partial charge in [-0.05, 0) is 67.4 Å². The Morgan fingerprint density at radius 2 is 0.898 bits per heavy atom. The minimum atomic E-state index is -0.122. The Morgan fingerprint density at radius 3 is 1.63 bits per heavy atom. The van der Waals surface area contributed by atoms with Crippen molar-refractivity contribution in [2.45, 2.75) is 19.3 Å². The topological polar surface area (TPSA) is 38.7 Å². The second kappa shape index (κ2) is 11.5. The number of aromatic nitrogens is 3. The normalized spacial score (nSPS) is 12.9. The van der Waals surface area contributed by atoms with Gasteiger partial charge in [-0.25, -0.2) is 15.0 Å². The SMILES string of the molecule is CC1(C)c2ccccc2-c2c(-c3cccc(-c4nc(-c5ccccc5)nc(-c5ccc(-c6ccccc6)cc5)n4)c3)cc3ccccc3c21. The number of hydrogen-bond acceptors (Lipinski definition) is 3. The zero-order valence-electron chi connectivity index (χ0n) is 27.4. The second-order valence-electron chi connectivity index (χ2n) is 13.3.